The second-order valence-electron chi connectivity index (χ2n) is 6.58. The number of carbonyl (C=O) groups excluding carboxylic acids is 1. The lowest BCUT2D eigenvalue weighted by atomic mass is 9.66. The minimum absolute atomic E-state index is 0.0445. The molecule has 0 aromatic heterocycles. The van der Waals surface area contributed by atoms with Gasteiger partial charge in [0, 0.05) is 18.6 Å². The van der Waals surface area contributed by atoms with E-state index in [9.17, 15) is 9.90 Å². The van der Waals surface area contributed by atoms with Gasteiger partial charge >= 0.3 is 0 Å². The predicted molar refractivity (Wildman–Crippen MR) is 84.7 cm³/mol. The second-order valence-corrected chi connectivity index (χ2v) is 6.58. The van der Waals surface area contributed by atoms with E-state index < -0.39 is 0 Å². The van der Waals surface area contributed by atoms with E-state index in [1.165, 1.54) is 0 Å². The molecule has 1 saturated carbocycles. The number of rotatable bonds is 3. The summed E-state index contributed by atoms with van der Waals surface area (Å²) < 4.78 is 5.85. The van der Waals surface area contributed by atoms with Crippen LogP contribution in [0.25, 0.3) is 0 Å². The van der Waals surface area contributed by atoms with E-state index in [1.807, 2.05) is 19.1 Å². The zero-order valence-electron chi connectivity index (χ0n) is 13.0. The van der Waals surface area contributed by atoms with Crippen LogP contribution < -0.4 is 11.1 Å². The molecule has 1 aromatic rings. The van der Waals surface area contributed by atoms with Gasteiger partial charge in [-0.2, -0.15) is 0 Å². The topological polar surface area (TPSA) is 84.6 Å². The zero-order valence-corrected chi connectivity index (χ0v) is 13.0. The molecule has 1 atom stereocenters. The number of phenolic OH excluding ortho intramolecular Hbond substituents is 1. The zero-order chi connectivity index (χ0) is 15.7. The summed E-state index contributed by atoms with van der Waals surface area (Å²) in [4.78, 5) is 12.3. The Morgan fingerprint density at radius 1 is 1.45 bits per heavy atom. The molecule has 5 heteroatoms. The average molecular weight is 304 g/mol. The fourth-order valence-corrected chi connectivity index (χ4v) is 3.51. The summed E-state index contributed by atoms with van der Waals surface area (Å²) in [6.45, 7) is 2.73. The number of benzene rings is 1. The van der Waals surface area contributed by atoms with Crippen LogP contribution in [0.4, 0.5) is 5.69 Å². The maximum Gasteiger partial charge on any atom is 0.227 e. The van der Waals surface area contributed by atoms with Gasteiger partial charge in [0.25, 0.3) is 0 Å². The van der Waals surface area contributed by atoms with Crippen LogP contribution in [0.2, 0.25) is 0 Å². The highest BCUT2D eigenvalue weighted by Gasteiger charge is 2.50. The van der Waals surface area contributed by atoms with Gasteiger partial charge in [-0.05, 0) is 49.8 Å². The number of phenols is 1. The van der Waals surface area contributed by atoms with Gasteiger partial charge in [-0.25, -0.2) is 0 Å². The van der Waals surface area contributed by atoms with Gasteiger partial charge in [-0.1, -0.05) is 13.0 Å². The van der Waals surface area contributed by atoms with Gasteiger partial charge in [-0.3, -0.25) is 4.79 Å². The lowest BCUT2D eigenvalue weighted by Crippen LogP contribution is -2.55. The number of carbonyl (C=O) groups is 1. The van der Waals surface area contributed by atoms with Gasteiger partial charge < -0.3 is 20.9 Å². The van der Waals surface area contributed by atoms with Gasteiger partial charge in [0.15, 0.2) is 0 Å². The second kappa shape index (κ2) is 5.89. The van der Waals surface area contributed by atoms with Crippen molar-refractivity contribution in [3.8, 4) is 5.75 Å². The number of ether oxygens (including phenoxy) is 1. The number of hydrogen-bond acceptors (Lipinski definition) is 4. The van der Waals surface area contributed by atoms with E-state index in [0.717, 1.165) is 37.7 Å². The molecule has 0 bridgehead atoms. The molecule has 1 amide bonds. The molecule has 1 saturated heterocycles. The molecule has 1 aliphatic carbocycles. The molecule has 1 aromatic carbocycles. The Morgan fingerprint density at radius 2 is 2.23 bits per heavy atom. The lowest BCUT2D eigenvalue weighted by molar-refractivity contribution is -0.166. The van der Waals surface area contributed by atoms with Crippen LogP contribution in [0.5, 0.6) is 5.75 Å². The van der Waals surface area contributed by atoms with Crippen LogP contribution in [-0.4, -0.2) is 29.3 Å². The van der Waals surface area contributed by atoms with E-state index >= 15 is 0 Å². The summed E-state index contributed by atoms with van der Waals surface area (Å²) in [7, 11) is 0. The number of aryl methyl sites for hydroxylation is 1. The maximum absolute atomic E-state index is 12.3. The van der Waals surface area contributed by atoms with Crippen molar-refractivity contribution in [1.82, 2.24) is 0 Å². The Balaban J connectivity index is 1.60. The Kier molecular flexibility index (Phi) is 4.10. The quantitative estimate of drug-likeness (QED) is 0.747. The fraction of sp³-hybridized carbons (Fsp3) is 0.588. The summed E-state index contributed by atoms with van der Waals surface area (Å²) >= 11 is 0. The SMILES string of the molecule is CCc1ccc(O)c(NC(=O)C2CC3(CC(N)CCO3)C2)c1. The molecule has 1 spiro atoms. The number of anilines is 1. The first-order valence-electron chi connectivity index (χ1n) is 8.03. The molecule has 4 N–H and O–H groups in total. The smallest absolute Gasteiger partial charge is 0.227 e. The van der Waals surface area contributed by atoms with E-state index in [0.29, 0.717) is 12.3 Å². The maximum atomic E-state index is 12.3. The van der Waals surface area contributed by atoms with Crippen LogP contribution in [0.15, 0.2) is 18.2 Å². The van der Waals surface area contributed by atoms with Crippen molar-refractivity contribution in [2.45, 2.75) is 50.7 Å². The number of hydrogen-bond donors (Lipinski definition) is 3. The molecule has 2 aliphatic rings. The average Bonchev–Trinajstić information content (AvgIpc) is 2.46. The van der Waals surface area contributed by atoms with Crippen molar-refractivity contribution in [3.05, 3.63) is 23.8 Å². The number of aromatic hydroxyl groups is 1. The minimum atomic E-state index is -0.188. The standard InChI is InChI=1S/C17H24N2O3/c1-2-11-3-4-15(20)14(7-11)19-16(21)12-8-17(9-12)10-13(18)5-6-22-17/h3-4,7,12-13,20H,2,5-6,8-10,18H2,1H3,(H,19,21). The highest BCUT2D eigenvalue weighted by molar-refractivity contribution is 5.94. The van der Waals surface area contributed by atoms with E-state index in [2.05, 4.69) is 5.32 Å². The molecule has 1 aliphatic heterocycles. The van der Waals surface area contributed by atoms with E-state index in [-0.39, 0.29) is 29.2 Å². The monoisotopic (exact) mass is 304 g/mol. The van der Waals surface area contributed by atoms with Crippen LogP contribution in [0, 0.1) is 5.92 Å². The van der Waals surface area contributed by atoms with Crippen molar-refractivity contribution in [3.63, 3.8) is 0 Å². The van der Waals surface area contributed by atoms with Crippen LogP contribution >= 0.6 is 0 Å². The lowest BCUT2D eigenvalue weighted by Gasteiger charge is -2.50. The Labute approximate surface area is 130 Å². The van der Waals surface area contributed by atoms with Crippen LogP contribution in [0.3, 0.4) is 0 Å². The van der Waals surface area contributed by atoms with E-state index in [4.69, 9.17) is 10.5 Å². The molecular formula is C17H24N2O3. The highest BCUT2D eigenvalue weighted by atomic mass is 16.5. The molecule has 0 radical (unpaired) electrons. The first-order valence-corrected chi connectivity index (χ1v) is 8.03. The summed E-state index contributed by atoms with van der Waals surface area (Å²) in [5, 5.41) is 12.7. The molecular weight excluding hydrogens is 280 g/mol. The Bertz CT molecular complexity index is 567. The summed E-state index contributed by atoms with van der Waals surface area (Å²) in [6.07, 6.45) is 4.05. The normalized spacial score (nSPS) is 30.8. The van der Waals surface area contributed by atoms with Crippen molar-refractivity contribution in [2.24, 2.45) is 11.7 Å². The summed E-state index contributed by atoms with van der Waals surface area (Å²) in [6, 6.07) is 5.50. The van der Waals surface area contributed by atoms with Crippen molar-refractivity contribution in [2.75, 3.05) is 11.9 Å². The molecule has 120 valence electrons. The number of amides is 1. The van der Waals surface area contributed by atoms with Crippen LogP contribution in [-0.2, 0) is 16.0 Å². The Morgan fingerprint density at radius 3 is 2.91 bits per heavy atom. The number of nitrogens with one attached hydrogen (secondary N) is 1. The highest BCUT2D eigenvalue weighted by Crippen LogP contribution is 2.46. The van der Waals surface area contributed by atoms with Gasteiger partial charge in [0.1, 0.15) is 5.75 Å². The molecule has 2 fully saturated rings. The van der Waals surface area contributed by atoms with Gasteiger partial charge in [-0.15, -0.1) is 0 Å². The van der Waals surface area contributed by atoms with E-state index in [1.54, 1.807) is 6.07 Å². The van der Waals surface area contributed by atoms with Crippen LogP contribution in [0.1, 0.15) is 38.2 Å². The van der Waals surface area contributed by atoms with Crippen molar-refractivity contribution >= 4 is 11.6 Å². The minimum Gasteiger partial charge on any atom is -0.506 e. The predicted octanol–water partition coefficient (Wildman–Crippen LogP) is 2.18. The summed E-state index contributed by atoms with van der Waals surface area (Å²) in [5.74, 6) is 0.00225. The Hall–Kier alpha value is -1.59. The molecule has 1 unspecified atom stereocenters. The van der Waals surface area contributed by atoms with Crippen molar-refractivity contribution in [1.29, 1.82) is 0 Å². The third kappa shape index (κ3) is 2.96. The third-order valence-electron chi connectivity index (χ3n) is 4.87. The molecule has 5 nitrogen and oxygen atoms in total. The molecule has 3 rings (SSSR count). The molecule has 22 heavy (non-hydrogen) atoms. The third-order valence-corrected chi connectivity index (χ3v) is 4.87. The molecule has 1 heterocycles. The van der Waals surface area contributed by atoms with Crippen molar-refractivity contribution < 1.29 is 14.6 Å². The fourth-order valence-electron chi connectivity index (χ4n) is 3.51. The van der Waals surface area contributed by atoms with Gasteiger partial charge in [0.05, 0.1) is 11.3 Å². The summed E-state index contributed by atoms with van der Waals surface area (Å²) in [5.41, 5.74) is 7.39. The largest absolute Gasteiger partial charge is 0.506 e. The first-order chi connectivity index (χ1) is 10.5. The first kappa shape index (κ1) is 15.3. The number of nitrogens with two attached hydrogens (primary N) is 1. The van der Waals surface area contributed by atoms with Gasteiger partial charge in [0.2, 0.25) is 5.91 Å².